The Labute approximate surface area is 161 Å². The minimum absolute atomic E-state index is 0.175. The quantitative estimate of drug-likeness (QED) is 0.728. The van der Waals surface area contributed by atoms with E-state index in [1.165, 1.54) is 11.8 Å². The number of nitrogens with one attached hydrogen (secondary N) is 2. The van der Waals surface area contributed by atoms with Gasteiger partial charge < -0.3 is 10.6 Å². The molecule has 0 fully saturated rings. The third kappa shape index (κ3) is 5.96. The fourth-order valence-corrected chi connectivity index (χ4v) is 3.04. The first-order chi connectivity index (χ1) is 11.9. The summed E-state index contributed by atoms with van der Waals surface area (Å²) in [7, 11) is 0. The lowest BCUT2D eigenvalue weighted by molar-refractivity contribution is -0.114. The maximum atomic E-state index is 12.0. The number of carbonyl (C=O) groups is 2. The molecule has 25 heavy (non-hydrogen) atoms. The number of hydrogen-bond acceptors (Lipinski definition) is 3. The molecule has 0 saturated carbocycles. The van der Waals surface area contributed by atoms with Crippen LogP contribution in [0.5, 0.6) is 0 Å². The van der Waals surface area contributed by atoms with Crippen molar-refractivity contribution in [3.8, 4) is 0 Å². The predicted molar refractivity (Wildman–Crippen MR) is 107 cm³/mol. The second-order valence-corrected chi connectivity index (χ2v) is 7.29. The number of halogens is 2. The number of thioether (sulfide) groups is 1. The van der Waals surface area contributed by atoms with Crippen molar-refractivity contribution >= 4 is 58.2 Å². The van der Waals surface area contributed by atoms with Crippen LogP contribution in [-0.2, 0) is 9.59 Å². The molecule has 2 rings (SSSR count). The van der Waals surface area contributed by atoms with Crippen molar-refractivity contribution in [3.63, 3.8) is 0 Å². The maximum Gasteiger partial charge on any atom is 0.234 e. The summed E-state index contributed by atoms with van der Waals surface area (Å²) in [5, 5.41) is 6.75. The fourth-order valence-electron chi connectivity index (χ4n) is 2.08. The van der Waals surface area contributed by atoms with Gasteiger partial charge in [0, 0.05) is 21.4 Å². The minimum Gasteiger partial charge on any atom is -0.325 e. The number of anilines is 2. The molecule has 2 aromatic rings. The SMILES string of the molecule is Cc1ccc(Cl)cc1NC(=O)CSCC(=O)Nc1cccc(Cl)c1C. The van der Waals surface area contributed by atoms with Crippen LogP contribution in [0.2, 0.25) is 10.0 Å². The van der Waals surface area contributed by atoms with Crippen LogP contribution in [0.1, 0.15) is 11.1 Å². The van der Waals surface area contributed by atoms with Crippen molar-refractivity contribution in [2.45, 2.75) is 13.8 Å². The molecule has 0 aliphatic rings. The third-order valence-electron chi connectivity index (χ3n) is 3.48. The molecule has 2 amide bonds. The van der Waals surface area contributed by atoms with Crippen molar-refractivity contribution in [1.29, 1.82) is 0 Å². The van der Waals surface area contributed by atoms with E-state index in [2.05, 4.69) is 10.6 Å². The molecule has 0 bridgehead atoms. The van der Waals surface area contributed by atoms with Gasteiger partial charge in [0.25, 0.3) is 0 Å². The van der Waals surface area contributed by atoms with E-state index in [0.29, 0.717) is 21.4 Å². The highest BCUT2D eigenvalue weighted by molar-refractivity contribution is 8.00. The van der Waals surface area contributed by atoms with E-state index in [1.54, 1.807) is 30.3 Å². The second kappa shape index (κ2) is 9.13. The summed E-state index contributed by atoms with van der Waals surface area (Å²) in [6.07, 6.45) is 0. The Bertz CT molecular complexity index is 781. The van der Waals surface area contributed by atoms with Gasteiger partial charge in [-0.05, 0) is 49.2 Å². The molecule has 4 nitrogen and oxygen atoms in total. The number of hydrogen-bond donors (Lipinski definition) is 2. The maximum absolute atomic E-state index is 12.0. The summed E-state index contributed by atoms with van der Waals surface area (Å²) in [6, 6.07) is 10.6. The molecule has 0 heterocycles. The largest absolute Gasteiger partial charge is 0.325 e. The first kappa shape index (κ1) is 19.6. The summed E-state index contributed by atoms with van der Waals surface area (Å²) >= 11 is 13.2. The van der Waals surface area contributed by atoms with Crippen LogP contribution in [-0.4, -0.2) is 23.3 Å². The number of carbonyl (C=O) groups excluding carboxylic acids is 2. The molecule has 7 heteroatoms. The highest BCUT2D eigenvalue weighted by atomic mass is 35.5. The Morgan fingerprint density at radius 1 is 0.960 bits per heavy atom. The summed E-state index contributed by atoms with van der Waals surface area (Å²) in [5.41, 5.74) is 3.10. The van der Waals surface area contributed by atoms with Gasteiger partial charge in [0.1, 0.15) is 0 Å². The van der Waals surface area contributed by atoms with Crippen molar-refractivity contribution in [3.05, 3.63) is 57.6 Å². The summed E-state index contributed by atoms with van der Waals surface area (Å²) in [4.78, 5) is 24.0. The van der Waals surface area contributed by atoms with Crippen molar-refractivity contribution in [2.75, 3.05) is 22.1 Å². The first-order valence-corrected chi connectivity index (χ1v) is 9.46. The lowest BCUT2D eigenvalue weighted by Gasteiger charge is -2.10. The van der Waals surface area contributed by atoms with E-state index < -0.39 is 0 Å². The summed E-state index contributed by atoms with van der Waals surface area (Å²) in [5.74, 6) is -0.00821. The molecule has 2 aromatic carbocycles. The van der Waals surface area contributed by atoms with Crippen LogP contribution < -0.4 is 10.6 Å². The van der Waals surface area contributed by atoms with Gasteiger partial charge in [0.2, 0.25) is 11.8 Å². The molecule has 0 aromatic heterocycles. The molecular weight excluding hydrogens is 379 g/mol. The molecular formula is C18H18Cl2N2O2S. The zero-order chi connectivity index (χ0) is 18.4. The summed E-state index contributed by atoms with van der Waals surface area (Å²) < 4.78 is 0. The van der Waals surface area contributed by atoms with E-state index in [1.807, 2.05) is 19.9 Å². The van der Waals surface area contributed by atoms with Gasteiger partial charge in [-0.3, -0.25) is 9.59 Å². The highest BCUT2D eigenvalue weighted by Gasteiger charge is 2.10. The molecule has 0 radical (unpaired) electrons. The van der Waals surface area contributed by atoms with Crippen LogP contribution in [0.15, 0.2) is 36.4 Å². The Hall–Kier alpha value is -1.69. The van der Waals surface area contributed by atoms with Crippen LogP contribution >= 0.6 is 35.0 Å². The molecule has 0 spiro atoms. The molecule has 132 valence electrons. The number of benzene rings is 2. The molecule has 0 aliphatic heterocycles. The highest BCUT2D eigenvalue weighted by Crippen LogP contribution is 2.23. The molecule has 2 N–H and O–H groups in total. The predicted octanol–water partition coefficient (Wildman–Crippen LogP) is 4.92. The van der Waals surface area contributed by atoms with Crippen molar-refractivity contribution in [1.82, 2.24) is 0 Å². The Balaban J connectivity index is 1.80. The standard InChI is InChI=1S/C18H18Cl2N2O2S/c1-11-6-7-13(19)8-16(11)22-18(24)10-25-9-17(23)21-15-5-3-4-14(20)12(15)2/h3-8H,9-10H2,1-2H3,(H,21,23)(H,22,24). The molecule has 0 unspecified atom stereocenters. The average Bonchev–Trinajstić information content (AvgIpc) is 2.55. The lowest BCUT2D eigenvalue weighted by atomic mass is 10.2. The molecule has 0 atom stereocenters. The zero-order valence-electron chi connectivity index (χ0n) is 13.9. The number of rotatable bonds is 6. The zero-order valence-corrected chi connectivity index (χ0v) is 16.2. The second-order valence-electron chi connectivity index (χ2n) is 5.46. The van der Waals surface area contributed by atoms with Crippen LogP contribution in [0.4, 0.5) is 11.4 Å². The van der Waals surface area contributed by atoms with E-state index in [-0.39, 0.29) is 23.3 Å². The Morgan fingerprint density at radius 3 is 2.28 bits per heavy atom. The van der Waals surface area contributed by atoms with Gasteiger partial charge in [0.15, 0.2) is 0 Å². The van der Waals surface area contributed by atoms with Gasteiger partial charge >= 0.3 is 0 Å². The molecule has 0 saturated heterocycles. The van der Waals surface area contributed by atoms with E-state index in [4.69, 9.17) is 23.2 Å². The number of amides is 2. The van der Waals surface area contributed by atoms with E-state index in [9.17, 15) is 9.59 Å². The van der Waals surface area contributed by atoms with Crippen molar-refractivity contribution < 1.29 is 9.59 Å². The van der Waals surface area contributed by atoms with Crippen LogP contribution in [0, 0.1) is 13.8 Å². The van der Waals surface area contributed by atoms with Gasteiger partial charge in [-0.1, -0.05) is 35.3 Å². The average molecular weight is 397 g/mol. The topological polar surface area (TPSA) is 58.2 Å². The van der Waals surface area contributed by atoms with Crippen molar-refractivity contribution in [2.24, 2.45) is 0 Å². The first-order valence-electron chi connectivity index (χ1n) is 7.55. The smallest absolute Gasteiger partial charge is 0.234 e. The van der Waals surface area contributed by atoms with Crippen LogP contribution in [0.25, 0.3) is 0 Å². The fraction of sp³-hybridized carbons (Fsp3) is 0.222. The Kier molecular flexibility index (Phi) is 7.17. The monoisotopic (exact) mass is 396 g/mol. The van der Waals surface area contributed by atoms with Gasteiger partial charge in [-0.15, -0.1) is 11.8 Å². The van der Waals surface area contributed by atoms with Gasteiger partial charge in [-0.2, -0.15) is 0 Å². The normalized spacial score (nSPS) is 10.4. The van der Waals surface area contributed by atoms with Gasteiger partial charge in [-0.25, -0.2) is 0 Å². The Morgan fingerprint density at radius 2 is 1.60 bits per heavy atom. The van der Waals surface area contributed by atoms with E-state index in [0.717, 1.165) is 11.1 Å². The van der Waals surface area contributed by atoms with Gasteiger partial charge in [0.05, 0.1) is 11.5 Å². The van der Waals surface area contributed by atoms with E-state index >= 15 is 0 Å². The molecule has 0 aliphatic carbocycles. The number of aryl methyl sites for hydroxylation is 1. The minimum atomic E-state index is -0.179. The summed E-state index contributed by atoms with van der Waals surface area (Å²) in [6.45, 7) is 3.73. The third-order valence-corrected chi connectivity index (χ3v) is 5.06. The van der Waals surface area contributed by atoms with Crippen LogP contribution in [0.3, 0.4) is 0 Å². The lowest BCUT2D eigenvalue weighted by Crippen LogP contribution is -2.19.